The molecule has 0 bridgehead atoms. The van der Waals surface area contributed by atoms with Crippen molar-refractivity contribution >= 4 is 6.21 Å². The van der Waals surface area contributed by atoms with Crippen LogP contribution in [0, 0.1) is 0 Å². The average Bonchev–Trinajstić information content (AvgIpc) is 2.89. The number of pyridine rings is 1. The van der Waals surface area contributed by atoms with Crippen molar-refractivity contribution in [1.82, 2.24) is 9.88 Å². The molecule has 1 aromatic heterocycles. The number of methoxy groups -OCH3 is 2. The van der Waals surface area contributed by atoms with Crippen molar-refractivity contribution < 1.29 is 19.8 Å². The predicted molar refractivity (Wildman–Crippen MR) is 136 cm³/mol. The number of aromatic nitrogens is 1. The minimum Gasteiger partial charge on any atom is -0.506 e. The summed E-state index contributed by atoms with van der Waals surface area (Å²) in [5.41, 5.74) is 5.13. The van der Waals surface area contributed by atoms with Gasteiger partial charge in [-0.15, -0.1) is 0 Å². The molecule has 0 saturated carbocycles. The Morgan fingerprint density at radius 2 is 1.83 bits per heavy atom. The molecule has 184 valence electrons. The molecular weight excluding hydrogens is 442 g/mol. The van der Waals surface area contributed by atoms with Gasteiger partial charge in [0.05, 0.1) is 26.5 Å². The Hall–Kier alpha value is -3.58. The molecule has 2 aromatic carbocycles. The lowest BCUT2D eigenvalue weighted by atomic mass is 9.87. The van der Waals surface area contributed by atoms with Gasteiger partial charge in [-0.3, -0.25) is 9.88 Å². The number of unbranched alkanes of at least 4 members (excludes halogenated alkanes) is 2. The quantitative estimate of drug-likeness (QED) is 0.186. The predicted octanol–water partition coefficient (Wildman–Crippen LogP) is 4.97. The number of oxime groups is 1. The van der Waals surface area contributed by atoms with E-state index in [1.54, 1.807) is 26.5 Å². The van der Waals surface area contributed by atoms with Crippen LogP contribution in [-0.2, 0) is 12.8 Å². The van der Waals surface area contributed by atoms with Crippen LogP contribution >= 0.6 is 0 Å². The monoisotopic (exact) mass is 475 g/mol. The highest BCUT2D eigenvalue weighted by molar-refractivity contribution is 5.80. The van der Waals surface area contributed by atoms with Crippen molar-refractivity contribution in [2.24, 2.45) is 5.16 Å². The van der Waals surface area contributed by atoms with E-state index in [9.17, 15) is 5.11 Å². The highest BCUT2D eigenvalue weighted by atomic mass is 16.5. The zero-order valence-electron chi connectivity index (χ0n) is 20.4. The third kappa shape index (κ3) is 5.74. The zero-order valence-corrected chi connectivity index (χ0v) is 20.4. The molecule has 0 aliphatic carbocycles. The molecule has 7 nitrogen and oxygen atoms in total. The van der Waals surface area contributed by atoms with Gasteiger partial charge in [0.2, 0.25) is 0 Å². The molecule has 0 radical (unpaired) electrons. The van der Waals surface area contributed by atoms with Gasteiger partial charge < -0.3 is 19.8 Å². The first-order valence-electron chi connectivity index (χ1n) is 12.0. The van der Waals surface area contributed by atoms with Gasteiger partial charge in [-0.25, -0.2) is 0 Å². The van der Waals surface area contributed by atoms with Gasteiger partial charge >= 0.3 is 0 Å². The molecule has 1 aliphatic rings. The van der Waals surface area contributed by atoms with Crippen LogP contribution in [0.4, 0.5) is 0 Å². The number of ether oxygens (including phenoxy) is 2. The van der Waals surface area contributed by atoms with Crippen molar-refractivity contribution in [3.63, 3.8) is 0 Å². The van der Waals surface area contributed by atoms with E-state index in [2.05, 4.69) is 57.5 Å². The average molecular weight is 476 g/mol. The second-order valence-corrected chi connectivity index (χ2v) is 8.81. The van der Waals surface area contributed by atoms with Gasteiger partial charge in [0, 0.05) is 12.7 Å². The van der Waals surface area contributed by atoms with E-state index in [0.29, 0.717) is 0 Å². The Kier molecular flexibility index (Phi) is 8.21. The van der Waals surface area contributed by atoms with E-state index in [1.807, 2.05) is 0 Å². The molecule has 4 rings (SSSR count). The molecule has 1 aliphatic heterocycles. The van der Waals surface area contributed by atoms with Gasteiger partial charge in [0.1, 0.15) is 11.4 Å². The standard InChI is InChI=1S/C28H33N3O4/c1-34-26-16-22-12-14-31(28(21-10-6-3-7-11-21)23(22)17-27(26)35-2)13-8-4-5-9-20-15-25(32)24(19-30-33)29-18-20/h3,6-7,10-11,15-19,28,32-33H,4-5,8-9,12-14H2,1-2H3/b30-19+. The fourth-order valence-electron chi connectivity index (χ4n) is 4.88. The zero-order chi connectivity index (χ0) is 24.6. The topological polar surface area (TPSA) is 87.4 Å². The molecule has 0 amide bonds. The van der Waals surface area contributed by atoms with E-state index >= 15 is 0 Å². The number of aromatic hydroxyl groups is 1. The molecule has 7 heteroatoms. The van der Waals surface area contributed by atoms with Crippen molar-refractivity contribution in [2.75, 3.05) is 27.3 Å². The maximum Gasteiger partial charge on any atom is 0.161 e. The molecule has 35 heavy (non-hydrogen) atoms. The number of fused-ring (bicyclic) bond motifs is 1. The van der Waals surface area contributed by atoms with Crippen LogP contribution in [-0.4, -0.2) is 53.7 Å². The van der Waals surface area contributed by atoms with Crippen LogP contribution in [0.1, 0.15) is 53.3 Å². The SMILES string of the molecule is COc1cc2c(cc1OC)C(c1ccccc1)N(CCCCCc1cnc(/C=N/O)c(O)c1)CC2. The Bertz CT molecular complexity index is 1150. The fraction of sp³-hybridized carbons (Fsp3) is 0.357. The first-order valence-corrected chi connectivity index (χ1v) is 12.0. The van der Waals surface area contributed by atoms with Crippen molar-refractivity contribution in [3.8, 4) is 17.2 Å². The fourth-order valence-corrected chi connectivity index (χ4v) is 4.88. The van der Waals surface area contributed by atoms with Crippen molar-refractivity contribution in [3.05, 3.63) is 82.7 Å². The van der Waals surface area contributed by atoms with E-state index < -0.39 is 0 Å². The first kappa shape index (κ1) is 24.5. The summed E-state index contributed by atoms with van der Waals surface area (Å²) < 4.78 is 11.2. The molecule has 1 atom stereocenters. The van der Waals surface area contributed by atoms with E-state index in [0.717, 1.165) is 68.5 Å². The van der Waals surface area contributed by atoms with Gasteiger partial charge in [-0.2, -0.15) is 0 Å². The summed E-state index contributed by atoms with van der Waals surface area (Å²) in [6.07, 6.45) is 7.86. The van der Waals surface area contributed by atoms with Crippen LogP contribution in [0.15, 0.2) is 59.9 Å². The number of aryl methyl sites for hydroxylation is 1. The Balaban J connectivity index is 1.42. The minimum atomic E-state index is 0.0324. The Morgan fingerprint density at radius 1 is 1.06 bits per heavy atom. The van der Waals surface area contributed by atoms with E-state index in [-0.39, 0.29) is 17.5 Å². The molecular formula is C28H33N3O4. The lowest BCUT2D eigenvalue weighted by molar-refractivity contribution is 0.208. The number of hydrogen-bond donors (Lipinski definition) is 2. The molecule has 0 spiro atoms. The van der Waals surface area contributed by atoms with Crippen LogP contribution in [0.3, 0.4) is 0 Å². The van der Waals surface area contributed by atoms with Gasteiger partial charge in [-0.1, -0.05) is 41.9 Å². The smallest absolute Gasteiger partial charge is 0.161 e. The van der Waals surface area contributed by atoms with E-state index in [1.165, 1.54) is 16.7 Å². The minimum absolute atomic E-state index is 0.0324. The van der Waals surface area contributed by atoms with Crippen LogP contribution in [0.5, 0.6) is 17.2 Å². The van der Waals surface area contributed by atoms with Gasteiger partial charge in [-0.05, 0) is 72.7 Å². The second-order valence-electron chi connectivity index (χ2n) is 8.81. The summed E-state index contributed by atoms with van der Waals surface area (Å²) in [7, 11) is 3.37. The van der Waals surface area contributed by atoms with Gasteiger partial charge in [0.25, 0.3) is 0 Å². The Labute approximate surface area is 206 Å². The maximum absolute atomic E-state index is 9.99. The van der Waals surface area contributed by atoms with Crippen LogP contribution in [0.25, 0.3) is 0 Å². The number of rotatable bonds is 10. The van der Waals surface area contributed by atoms with E-state index in [4.69, 9.17) is 14.7 Å². The molecule has 2 heterocycles. The lowest BCUT2D eigenvalue weighted by Gasteiger charge is -2.38. The largest absolute Gasteiger partial charge is 0.506 e. The molecule has 2 N–H and O–H groups in total. The number of benzene rings is 2. The molecule has 0 saturated heterocycles. The lowest BCUT2D eigenvalue weighted by Crippen LogP contribution is -2.36. The number of hydrogen-bond acceptors (Lipinski definition) is 7. The molecule has 0 fully saturated rings. The second kappa shape index (κ2) is 11.7. The summed E-state index contributed by atoms with van der Waals surface area (Å²) in [4.78, 5) is 6.71. The van der Waals surface area contributed by atoms with Crippen molar-refractivity contribution in [1.29, 1.82) is 0 Å². The van der Waals surface area contributed by atoms with Crippen LogP contribution in [0.2, 0.25) is 0 Å². The summed E-state index contributed by atoms with van der Waals surface area (Å²) >= 11 is 0. The molecule has 1 unspecified atom stereocenters. The molecule has 3 aromatic rings. The summed E-state index contributed by atoms with van der Waals surface area (Å²) in [5, 5.41) is 21.5. The van der Waals surface area contributed by atoms with Gasteiger partial charge in [0.15, 0.2) is 11.5 Å². The maximum atomic E-state index is 9.99. The highest BCUT2D eigenvalue weighted by Crippen LogP contribution is 2.41. The summed E-state index contributed by atoms with van der Waals surface area (Å²) in [5.74, 6) is 1.58. The van der Waals surface area contributed by atoms with Crippen molar-refractivity contribution in [2.45, 2.75) is 38.1 Å². The first-order chi connectivity index (χ1) is 17.1. The third-order valence-electron chi connectivity index (χ3n) is 6.63. The Morgan fingerprint density at radius 3 is 2.54 bits per heavy atom. The normalized spacial score (nSPS) is 15.8. The number of nitrogens with zero attached hydrogens (tertiary/aromatic N) is 3. The third-order valence-corrected chi connectivity index (χ3v) is 6.63. The summed E-state index contributed by atoms with van der Waals surface area (Å²) in [6, 6.07) is 16.8. The highest BCUT2D eigenvalue weighted by Gasteiger charge is 2.30. The summed E-state index contributed by atoms with van der Waals surface area (Å²) in [6.45, 7) is 2.00. The van der Waals surface area contributed by atoms with Crippen LogP contribution < -0.4 is 9.47 Å².